The van der Waals surface area contributed by atoms with E-state index in [-0.39, 0.29) is 29.8 Å². The summed E-state index contributed by atoms with van der Waals surface area (Å²) in [5, 5.41) is 5.38. The minimum absolute atomic E-state index is 0.138. The Bertz CT molecular complexity index is 955. The van der Waals surface area contributed by atoms with Crippen molar-refractivity contribution in [2.75, 3.05) is 22.1 Å². The van der Waals surface area contributed by atoms with Crippen LogP contribution < -0.4 is 15.5 Å². The van der Waals surface area contributed by atoms with Crippen LogP contribution >= 0.6 is 0 Å². The van der Waals surface area contributed by atoms with Gasteiger partial charge in [0.25, 0.3) is 5.91 Å². The number of carbonyl (C=O) groups excluding carboxylic acids is 4. The van der Waals surface area contributed by atoms with Gasteiger partial charge in [-0.15, -0.1) is 0 Å². The molecule has 0 radical (unpaired) electrons. The lowest BCUT2D eigenvalue weighted by Gasteiger charge is -2.27. The van der Waals surface area contributed by atoms with Crippen LogP contribution in [0, 0.1) is 0 Å². The molecular formula is C21H21N3O5. The molecule has 3 amide bonds. The van der Waals surface area contributed by atoms with Gasteiger partial charge in [-0.05, 0) is 43.3 Å². The Balaban J connectivity index is 1.69. The molecule has 0 fully saturated rings. The average molecular weight is 395 g/mol. The molecule has 1 heterocycles. The Morgan fingerprint density at radius 2 is 1.83 bits per heavy atom. The molecule has 0 aromatic heterocycles. The van der Waals surface area contributed by atoms with Gasteiger partial charge in [-0.1, -0.05) is 12.1 Å². The molecule has 1 aliphatic heterocycles. The molecule has 8 heteroatoms. The van der Waals surface area contributed by atoms with E-state index < -0.39 is 18.5 Å². The van der Waals surface area contributed by atoms with Gasteiger partial charge >= 0.3 is 5.97 Å². The molecule has 3 rings (SSSR count). The van der Waals surface area contributed by atoms with Crippen LogP contribution in [-0.2, 0) is 19.1 Å². The number of rotatable bonds is 4. The second-order valence-electron chi connectivity index (χ2n) is 6.72. The fourth-order valence-corrected chi connectivity index (χ4v) is 3.14. The first-order valence-electron chi connectivity index (χ1n) is 9.11. The first kappa shape index (κ1) is 20.1. The zero-order valence-electron chi connectivity index (χ0n) is 16.1. The average Bonchev–Trinajstić information content (AvgIpc) is 2.80. The second-order valence-corrected chi connectivity index (χ2v) is 6.72. The largest absolute Gasteiger partial charge is 0.452 e. The summed E-state index contributed by atoms with van der Waals surface area (Å²) < 4.78 is 5.17. The van der Waals surface area contributed by atoms with Crippen molar-refractivity contribution in [1.29, 1.82) is 0 Å². The predicted octanol–water partition coefficient (Wildman–Crippen LogP) is 2.57. The van der Waals surface area contributed by atoms with Crippen molar-refractivity contribution in [3.05, 3.63) is 54.1 Å². The maximum absolute atomic E-state index is 12.8. The van der Waals surface area contributed by atoms with Crippen molar-refractivity contribution in [2.24, 2.45) is 0 Å². The lowest BCUT2D eigenvalue weighted by molar-refractivity contribution is -0.122. The third-order valence-corrected chi connectivity index (χ3v) is 4.40. The van der Waals surface area contributed by atoms with Crippen LogP contribution in [-0.4, -0.2) is 36.3 Å². The molecular weight excluding hydrogens is 374 g/mol. The fraction of sp³-hybridized carbons (Fsp3) is 0.238. The zero-order valence-corrected chi connectivity index (χ0v) is 16.1. The minimum Gasteiger partial charge on any atom is -0.452 e. The number of benzene rings is 2. The van der Waals surface area contributed by atoms with Crippen LogP contribution in [0.25, 0.3) is 0 Å². The molecule has 1 aliphatic rings. The number of nitrogens with one attached hydrogen (secondary N) is 2. The zero-order chi connectivity index (χ0) is 21.0. The molecule has 2 aromatic carbocycles. The van der Waals surface area contributed by atoms with Gasteiger partial charge in [0.1, 0.15) is 0 Å². The van der Waals surface area contributed by atoms with Gasteiger partial charge < -0.3 is 20.3 Å². The lowest BCUT2D eigenvalue weighted by atomic mass is 10.1. The van der Waals surface area contributed by atoms with Crippen LogP contribution in [0.1, 0.15) is 30.6 Å². The van der Waals surface area contributed by atoms with E-state index in [1.54, 1.807) is 43.3 Å². The molecule has 0 spiro atoms. The molecule has 2 N–H and O–H groups in total. The van der Waals surface area contributed by atoms with Crippen LogP contribution in [0.2, 0.25) is 0 Å². The summed E-state index contributed by atoms with van der Waals surface area (Å²) >= 11 is 0. The first-order valence-corrected chi connectivity index (χ1v) is 9.11. The molecule has 0 unspecified atom stereocenters. The van der Waals surface area contributed by atoms with E-state index in [0.29, 0.717) is 17.1 Å². The molecule has 0 saturated heterocycles. The maximum atomic E-state index is 12.8. The molecule has 1 atom stereocenters. The highest BCUT2D eigenvalue weighted by Gasteiger charge is 2.30. The van der Waals surface area contributed by atoms with E-state index in [1.165, 1.54) is 24.0 Å². The van der Waals surface area contributed by atoms with Crippen molar-refractivity contribution in [3.63, 3.8) is 0 Å². The van der Waals surface area contributed by atoms with Crippen LogP contribution in [0.5, 0.6) is 0 Å². The van der Waals surface area contributed by atoms with Crippen LogP contribution in [0.15, 0.2) is 48.5 Å². The number of carbonyl (C=O) groups is 4. The monoisotopic (exact) mass is 395 g/mol. The molecule has 8 nitrogen and oxygen atoms in total. The Kier molecular flexibility index (Phi) is 5.92. The number of hydrogen-bond acceptors (Lipinski definition) is 5. The van der Waals surface area contributed by atoms with Crippen molar-refractivity contribution in [2.45, 2.75) is 26.3 Å². The highest BCUT2D eigenvalue weighted by Crippen LogP contribution is 2.31. The van der Waals surface area contributed by atoms with E-state index in [4.69, 9.17) is 4.74 Å². The fourth-order valence-electron chi connectivity index (χ4n) is 3.14. The standard InChI is InChI=1S/C21H21N3O5/c1-13-11-19(26)23-17-5-3-4-6-18(17)24(13)20(27)12-29-21(28)15-7-9-16(10-8-15)22-14(2)25/h3-10,13H,11-12H2,1-2H3,(H,22,25)(H,23,26)/t13-/m1/s1. The van der Waals surface area contributed by atoms with Crippen molar-refractivity contribution < 1.29 is 23.9 Å². The van der Waals surface area contributed by atoms with Gasteiger partial charge in [-0.3, -0.25) is 14.4 Å². The van der Waals surface area contributed by atoms with Gasteiger partial charge in [-0.25, -0.2) is 4.79 Å². The van der Waals surface area contributed by atoms with Crippen LogP contribution in [0.4, 0.5) is 17.1 Å². The van der Waals surface area contributed by atoms with Gasteiger partial charge in [0, 0.05) is 25.1 Å². The van der Waals surface area contributed by atoms with Crippen molar-refractivity contribution >= 4 is 40.8 Å². The smallest absolute Gasteiger partial charge is 0.338 e. The maximum Gasteiger partial charge on any atom is 0.338 e. The van der Waals surface area contributed by atoms with Crippen LogP contribution in [0.3, 0.4) is 0 Å². The Hall–Kier alpha value is -3.68. The van der Waals surface area contributed by atoms with E-state index >= 15 is 0 Å². The second kappa shape index (κ2) is 8.55. The minimum atomic E-state index is -0.655. The van der Waals surface area contributed by atoms with Gasteiger partial charge in [0.05, 0.1) is 16.9 Å². The van der Waals surface area contributed by atoms with E-state index in [0.717, 1.165) is 0 Å². The number of amides is 3. The van der Waals surface area contributed by atoms with Gasteiger partial charge in [-0.2, -0.15) is 0 Å². The SMILES string of the molecule is CC(=O)Nc1ccc(C(=O)OCC(=O)N2c3ccccc3NC(=O)C[C@H]2C)cc1. The van der Waals surface area contributed by atoms with Gasteiger partial charge in [0.15, 0.2) is 6.61 Å². The molecule has 0 saturated carbocycles. The lowest BCUT2D eigenvalue weighted by Crippen LogP contribution is -2.41. The third kappa shape index (κ3) is 4.78. The molecule has 0 aliphatic carbocycles. The first-order chi connectivity index (χ1) is 13.8. The van der Waals surface area contributed by atoms with E-state index in [1.807, 2.05) is 0 Å². The number of esters is 1. The summed E-state index contributed by atoms with van der Waals surface area (Å²) in [7, 11) is 0. The molecule has 150 valence electrons. The topological polar surface area (TPSA) is 105 Å². The molecule has 29 heavy (non-hydrogen) atoms. The summed E-state index contributed by atoms with van der Waals surface area (Å²) in [6, 6.07) is 12.8. The quantitative estimate of drug-likeness (QED) is 0.774. The number of para-hydroxylation sites is 2. The summed E-state index contributed by atoms with van der Waals surface area (Å²) in [6.07, 6.45) is 0.138. The molecule has 0 bridgehead atoms. The van der Waals surface area contributed by atoms with E-state index in [2.05, 4.69) is 10.6 Å². The Morgan fingerprint density at radius 3 is 2.52 bits per heavy atom. The van der Waals surface area contributed by atoms with Gasteiger partial charge in [0.2, 0.25) is 11.8 Å². The highest BCUT2D eigenvalue weighted by atomic mass is 16.5. The van der Waals surface area contributed by atoms with Crippen molar-refractivity contribution in [1.82, 2.24) is 0 Å². The van der Waals surface area contributed by atoms with Crippen molar-refractivity contribution in [3.8, 4) is 0 Å². The molecule has 2 aromatic rings. The highest BCUT2D eigenvalue weighted by molar-refractivity contribution is 6.05. The summed E-state index contributed by atoms with van der Waals surface area (Å²) in [4.78, 5) is 49.6. The third-order valence-electron chi connectivity index (χ3n) is 4.40. The predicted molar refractivity (Wildman–Crippen MR) is 108 cm³/mol. The number of ether oxygens (including phenoxy) is 1. The number of anilines is 3. The normalized spacial score (nSPS) is 15.6. The summed E-state index contributed by atoms with van der Waals surface area (Å²) in [6.45, 7) is 2.69. The Morgan fingerprint density at radius 1 is 1.14 bits per heavy atom. The Labute approximate surface area is 167 Å². The number of nitrogens with zero attached hydrogens (tertiary/aromatic N) is 1. The number of hydrogen-bond donors (Lipinski definition) is 2. The summed E-state index contributed by atoms with van der Waals surface area (Å²) in [5.74, 6) is -1.48. The number of fused-ring (bicyclic) bond motifs is 1. The van der Waals surface area contributed by atoms with E-state index in [9.17, 15) is 19.2 Å². The summed E-state index contributed by atoms with van der Waals surface area (Å²) in [5.41, 5.74) is 1.91.